The second-order valence-corrected chi connectivity index (χ2v) is 5.85. The van der Waals surface area contributed by atoms with Gasteiger partial charge in [0.25, 0.3) is 0 Å². The number of rotatable bonds is 6. The lowest BCUT2D eigenvalue weighted by atomic mass is 10.2. The Bertz CT molecular complexity index is 854. The van der Waals surface area contributed by atoms with Crippen LogP contribution in [0.3, 0.4) is 0 Å². The van der Waals surface area contributed by atoms with Crippen LogP contribution in [0.2, 0.25) is 5.02 Å². The quantitative estimate of drug-likeness (QED) is 0.650. The molecule has 3 rings (SSSR count). The van der Waals surface area contributed by atoms with Crippen LogP contribution in [-0.4, -0.2) is 30.2 Å². The van der Waals surface area contributed by atoms with E-state index in [-0.39, 0.29) is 0 Å². The van der Waals surface area contributed by atoms with Gasteiger partial charge in [-0.25, -0.2) is 4.98 Å². The molecule has 0 unspecified atom stereocenters. The first-order valence-corrected chi connectivity index (χ1v) is 8.08. The van der Waals surface area contributed by atoms with Crippen LogP contribution in [0.1, 0.15) is 5.56 Å². The molecule has 2 aromatic carbocycles. The number of nitrogens with zero attached hydrogens (tertiary/aromatic N) is 2. The molecule has 124 valence electrons. The van der Waals surface area contributed by atoms with Gasteiger partial charge in [-0.3, -0.25) is 0 Å². The highest BCUT2D eigenvalue weighted by Crippen LogP contribution is 2.26. The van der Waals surface area contributed by atoms with Crippen molar-refractivity contribution in [1.82, 2.24) is 9.97 Å². The van der Waals surface area contributed by atoms with Crippen LogP contribution >= 0.6 is 11.6 Å². The van der Waals surface area contributed by atoms with E-state index in [4.69, 9.17) is 16.3 Å². The molecule has 0 bridgehead atoms. The fourth-order valence-electron chi connectivity index (χ4n) is 2.39. The van der Waals surface area contributed by atoms with E-state index in [0.717, 1.165) is 28.0 Å². The van der Waals surface area contributed by atoms with Gasteiger partial charge in [0, 0.05) is 29.8 Å². The van der Waals surface area contributed by atoms with Crippen molar-refractivity contribution in [1.29, 1.82) is 0 Å². The predicted octanol–water partition coefficient (Wildman–Crippen LogP) is 4.39. The third-order valence-corrected chi connectivity index (χ3v) is 3.88. The first kappa shape index (κ1) is 16.5. The highest BCUT2D eigenvalue weighted by Gasteiger charge is 2.09. The molecule has 0 amide bonds. The van der Waals surface area contributed by atoms with Crippen LogP contribution in [0.25, 0.3) is 10.9 Å². The molecule has 1 aromatic heterocycles. The normalized spacial score (nSPS) is 10.8. The van der Waals surface area contributed by atoms with Crippen LogP contribution < -0.4 is 10.6 Å². The summed E-state index contributed by atoms with van der Waals surface area (Å²) in [6.07, 6.45) is 0. The molecular formula is C18H19ClN4O. The number of aryl methyl sites for hydroxylation is 1. The highest BCUT2D eigenvalue weighted by atomic mass is 35.5. The van der Waals surface area contributed by atoms with E-state index in [1.807, 2.05) is 49.4 Å². The molecule has 3 aromatic rings. The van der Waals surface area contributed by atoms with E-state index in [2.05, 4.69) is 20.6 Å². The number of para-hydroxylation sites is 1. The van der Waals surface area contributed by atoms with Crippen molar-refractivity contribution in [3.63, 3.8) is 0 Å². The summed E-state index contributed by atoms with van der Waals surface area (Å²) in [5.74, 6) is 1.30. The molecule has 0 saturated heterocycles. The summed E-state index contributed by atoms with van der Waals surface area (Å²) in [4.78, 5) is 9.20. The minimum absolute atomic E-state index is 0.527. The van der Waals surface area contributed by atoms with Crippen molar-refractivity contribution < 1.29 is 4.74 Å². The van der Waals surface area contributed by atoms with Gasteiger partial charge in [0.15, 0.2) is 0 Å². The standard InChI is InChI=1S/C18H19ClN4O/c1-12-7-8-13(19)11-16(12)22-18-21-15-6-4-3-5-14(15)17(23-18)20-9-10-24-2/h3-8,11H,9-10H2,1-2H3,(H2,20,21,22,23). The molecule has 0 aliphatic rings. The van der Waals surface area contributed by atoms with Gasteiger partial charge in [0.2, 0.25) is 5.95 Å². The summed E-state index contributed by atoms with van der Waals surface area (Å²) in [6, 6.07) is 13.6. The van der Waals surface area contributed by atoms with Gasteiger partial charge in [-0.15, -0.1) is 0 Å². The van der Waals surface area contributed by atoms with Crippen LogP contribution in [0.5, 0.6) is 0 Å². The second kappa shape index (κ2) is 7.47. The predicted molar refractivity (Wildman–Crippen MR) is 99.4 cm³/mol. The molecular weight excluding hydrogens is 324 g/mol. The van der Waals surface area contributed by atoms with Crippen molar-refractivity contribution in [2.75, 3.05) is 30.9 Å². The van der Waals surface area contributed by atoms with Gasteiger partial charge in [-0.1, -0.05) is 29.8 Å². The molecule has 6 heteroatoms. The Morgan fingerprint density at radius 2 is 1.96 bits per heavy atom. The third-order valence-electron chi connectivity index (χ3n) is 3.65. The SMILES string of the molecule is COCCNc1nc(Nc2cc(Cl)ccc2C)nc2ccccc12. The fraction of sp³-hybridized carbons (Fsp3) is 0.222. The highest BCUT2D eigenvalue weighted by molar-refractivity contribution is 6.30. The van der Waals surface area contributed by atoms with Crippen molar-refractivity contribution in [2.45, 2.75) is 6.92 Å². The first-order chi connectivity index (χ1) is 11.7. The topological polar surface area (TPSA) is 59.1 Å². The Kier molecular flexibility index (Phi) is 5.13. The van der Waals surface area contributed by atoms with Crippen molar-refractivity contribution in [2.24, 2.45) is 0 Å². The Balaban J connectivity index is 1.97. The fourth-order valence-corrected chi connectivity index (χ4v) is 2.56. The van der Waals surface area contributed by atoms with Gasteiger partial charge < -0.3 is 15.4 Å². The third kappa shape index (κ3) is 3.75. The molecule has 0 radical (unpaired) electrons. The summed E-state index contributed by atoms with van der Waals surface area (Å²) in [6.45, 7) is 3.29. The van der Waals surface area contributed by atoms with Gasteiger partial charge in [0.1, 0.15) is 5.82 Å². The number of aromatic nitrogens is 2. The number of anilines is 3. The van der Waals surface area contributed by atoms with Crippen LogP contribution in [0.15, 0.2) is 42.5 Å². The zero-order chi connectivity index (χ0) is 16.9. The van der Waals surface area contributed by atoms with Crippen molar-refractivity contribution in [3.05, 3.63) is 53.1 Å². The Labute approximate surface area is 146 Å². The molecule has 0 saturated carbocycles. The zero-order valence-electron chi connectivity index (χ0n) is 13.6. The Morgan fingerprint density at radius 3 is 2.79 bits per heavy atom. The van der Waals surface area contributed by atoms with Gasteiger partial charge >= 0.3 is 0 Å². The molecule has 24 heavy (non-hydrogen) atoms. The maximum absolute atomic E-state index is 6.09. The maximum Gasteiger partial charge on any atom is 0.229 e. The zero-order valence-corrected chi connectivity index (χ0v) is 14.4. The van der Waals surface area contributed by atoms with E-state index in [1.165, 1.54) is 0 Å². The second-order valence-electron chi connectivity index (χ2n) is 5.42. The largest absolute Gasteiger partial charge is 0.383 e. The minimum Gasteiger partial charge on any atom is -0.383 e. The first-order valence-electron chi connectivity index (χ1n) is 7.70. The van der Waals surface area contributed by atoms with E-state index in [9.17, 15) is 0 Å². The van der Waals surface area contributed by atoms with Gasteiger partial charge in [-0.05, 0) is 36.8 Å². The number of ether oxygens (including phenoxy) is 1. The molecule has 0 spiro atoms. The minimum atomic E-state index is 0.527. The lowest BCUT2D eigenvalue weighted by molar-refractivity contribution is 0.210. The summed E-state index contributed by atoms with van der Waals surface area (Å²) in [5, 5.41) is 8.20. The summed E-state index contributed by atoms with van der Waals surface area (Å²) in [5.41, 5.74) is 2.83. The van der Waals surface area contributed by atoms with Crippen LogP contribution in [0.4, 0.5) is 17.5 Å². The van der Waals surface area contributed by atoms with E-state index >= 15 is 0 Å². The average molecular weight is 343 g/mol. The summed E-state index contributed by atoms with van der Waals surface area (Å²) >= 11 is 6.09. The van der Waals surface area contributed by atoms with E-state index in [0.29, 0.717) is 24.1 Å². The number of halogens is 1. The van der Waals surface area contributed by atoms with E-state index < -0.39 is 0 Å². The molecule has 2 N–H and O–H groups in total. The molecule has 0 aliphatic heterocycles. The molecule has 0 aliphatic carbocycles. The van der Waals surface area contributed by atoms with Crippen LogP contribution in [0, 0.1) is 6.92 Å². The number of methoxy groups -OCH3 is 1. The lowest BCUT2D eigenvalue weighted by Crippen LogP contribution is -2.10. The van der Waals surface area contributed by atoms with Crippen LogP contribution in [-0.2, 0) is 4.74 Å². The number of nitrogens with one attached hydrogen (secondary N) is 2. The summed E-state index contributed by atoms with van der Waals surface area (Å²) in [7, 11) is 1.68. The van der Waals surface area contributed by atoms with E-state index in [1.54, 1.807) is 7.11 Å². The van der Waals surface area contributed by atoms with Gasteiger partial charge in [-0.2, -0.15) is 4.98 Å². The lowest BCUT2D eigenvalue weighted by Gasteiger charge is -2.13. The number of hydrogen-bond acceptors (Lipinski definition) is 5. The van der Waals surface area contributed by atoms with Crippen molar-refractivity contribution >= 4 is 40.0 Å². The molecule has 5 nitrogen and oxygen atoms in total. The molecule has 0 atom stereocenters. The Morgan fingerprint density at radius 1 is 1.12 bits per heavy atom. The van der Waals surface area contributed by atoms with Crippen molar-refractivity contribution in [3.8, 4) is 0 Å². The maximum atomic E-state index is 6.09. The monoisotopic (exact) mass is 342 g/mol. The van der Waals surface area contributed by atoms with Gasteiger partial charge in [0.05, 0.1) is 12.1 Å². The number of hydrogen-bond donors (Lipinski definition) is 2. The molecule has 0 fully saturated rings. The number of benzene rings is 2. The smallest absolute Gasteiger partial charge is 0.229 e. The average Bonchev–Trinajstić information content (AvgIpc) is 2.58. The number of fused-ring (bicyclic) bond motifs is 1. The summed E-state index contributed by atoms with van der Waals surface area (Å²) < 4.78 is 5.09. The molecule has 1 heterocycles. The Hall–Kier alpha value is -2.37.